The Balaban J connectivity index is 1.53. The van der Waals surface area contributed by atoms with Crippen LogP contribution in [-0.4, -0.2) is 78.5 Å². The Hall–Kier alpha value is -2.63. The van der Waals surface area contributed by atoms with E-state index in [1.165, 1.54) is 15.2 Å². The molecule has 0 atom stereocenters. The summed E-state index contributed by atoms with van der Waals surface area (Å²) in [6.07, 6.45) is 3.22. The van der Waals surface area contributed by atoms with Gasteiger partial charge in [0.1, 0.15) is 0 Å². The third-order valence-electron chi connectivity index (χ3n) is 6.59. The lowest BCUT2D eigenvalue weighted by molar-refractivity contribution is -0.123. The molecule has 0 aliphatic carbocycles. The topological polar surface area (TPSA) is 122 Å². The van der Waals surface area contributed by atoms with Crippen LogP contribution in [0.4, 0.5) is 5.69 Å². The molecule has 190 valence electrons. The first-order valence-electron chi connectivity index (χ1n) is 11.9. The number of primary amides is 1. The summed E-state index contributed by atoms with van der Waals surface area (Å²) in [7, 11) is -3.98. The van der Waals surface area contributed by atoms with Crippen molar-refractivity contribution in [3.8, 4) is 0 Å². The maximum Gasteiger partial charge on any atom is 0.263 e. The highest BCUT2D eigenvalue weighted by molar-refractivity contribution is 7.89. The van der Waals surface area contributed by atoms with Gasteiger partial charge in [-0.15, -0.1) is 0 Å². The number of benzene rings is 1. The molecule has 0 spiro atoms. The number of nitrogens with two attached hydrogens (primary N) is 1. The number of anilines is 1. The van der Waals surface area contributed by atoms with E-state index in [-0.39, 0.29) is 41.4 Å². The summed E-state index contributed by atoms with van der Waals surface area (Å²) in [6.45, 7) is 4.70. The molecule has 0 bridgehead atoms. The fraction of sp³-hybridized carbons (Fsp3) is 0.522. The normalized spacial score (nSPS) is 18.1. The summed E-state index contributed by atoms with van der Waals surface area (Å²) < 4.78 is 30.2. The van der Waals surface area contributed by atoms with E-state index in [2.05, 4.69) is 10.00 Å². The van der Waals surface area contributed by atoms with Gasteiger partial charge >= 0.3 is 0 Å². The molecule has 1 aromatic heterocycles. The number of likely N-dealkylation sites (tertiary alicyclic amines) is 1. The number of rotatable bonds is 7. The van der Waals surface area contributed by atoms with Crippen LogP contribution in [0.1, 0.15) is 36.5 Å². The third kappa shape index (κ3) is 5.46. The molecule has 0 saturated carbocycles. The summed E-state index contributed by atoms with van der Waals surface area (Å²) in [5.74, 6) is -1.01. The van der Waals surface area contributed by atoms with Crippen LogP contribution in [0.25, 0.3) is 0 Å². The van der Waals surface area contributed by atoms with Gasteiger partial charge in [-0.3, -0.25) is 14.3 Å². The number of carbonyl (C=O) groups excluding carboxylic acids is 2. The van der Waals surface area contributed by atoms with Gasteiger partial charge in [0, 0.05) is 68.6 Å². The number of piperazine rings is 1. The lowest BCUT2D eigenvalue weighted by atomic mass is 9.96. The maximum absolute atomic E-state index is 13.6. The number of amides is 2. The van der Waals surface area contributed by atoms with Crippen molar-refractivity contribution >= 4 is 39.1 Å². The minimum Gasteiger partial charge on any atom is -0.369 e. The first-order valence-corrected chi connectivity index (χ1v) is 13.7. The van der Waals surface area contributed by atoms with E-state index in [0.717, 1.165) is 12.1 Å². The summed E-state index contributed by atoms with van der Waals surface area (Å²) in [5.41, 5.74) is 6.42. The molecule has 2 fully saturated rings. The molecule has 2 aliphatic rings. The average Bonchev–Trinajstić information content (AvgIpc) is 3.29. The Morgan fingerprint density at radius 1 is 1.11 bits per heavy atom. The number of sulfonamides is 1. The SMILES string of the molecule is CCCn1cc(C(=O)N2CCC(C(N)=O)CC2)c(S(=O)(=O)N2CCN(c3cccc(Cl)c3)CC2)n1. The zero-order valence-corrected chi connectivity index (χ0v) is 21.3. The number of carbonyl (C=O) groups is 2. The van der Waals surface area contributed by atoms with Crippen LogP contribution in [0.3, 0.4) is 0 Å². The van der Waals surface area contributed by atoms with Crippen molar-refractivity contribution in [3.63, 3.8) is 0 Å². The number of nitrogens with zero attached hydrogens (tertiary/aromatic N) is 5. The molecule has 3 heterocycles. The lowest BCUT2D eigenvalue weighted by Gasteiger charge is -2.35. The summed E-state index contributed by atoms with van der Waals surface area (Å²) in [4.78, 5) is 28.5. The Bertz CT molecular complexity index is 1180. The van der Waals surface area contributed by atoms with Crippen LogP contribution in [0, 0.1) is 5.92 Å². The van der Waals surface area contributed by atoms with Gasteiger partial charge in [-0.25, -0.2) is 8.42 Å². The molecular formula is C23H31ClN6O4S. The first kappa shape index (κ1) is 25.5. The highest BCUT2D eigenvalue weighted by Gasteiger charge is 2.37. The number of aryl methyl sites for hydroxylation is 1. The standard InChI is InChI=1S/C23H31ClN6O4S/c1-2-8-29-16-20(23(32)28-9-6-17(7-10-28)21(25)31)22(26-29)35(33,34)30-13-11-27(12-14-30)19-5-3-4-18(24)15-19/h3-5,15-17H,2,6-14H2,1H3,(H2,25,31). The molecule has 10 nitrogen and oxygen atoms in total. The van der Waals surface area contributed by atoms with E-state index >= 15 is 0 Å². The van der Waals surface area contributed by atoms with Crippen LogP contribution < -0.4 is 10.6 Å². The largest absolute Gasteiger partial charge is 0.369 e. The molecule has 0 unspecified atom stereocenters. The molecule has 4 rings (SSSR count). The molecule has 35 heavy (non-hydrogen) atoms. The van der Waals surface area contributed by atoms with Crippen LogP contribution in [-0.2, 0) is 21.4 Å². The quantitative estimate of drug-likeness (QED) is 0.591. The Labute approximate surface area is 210 Å². The molecule has 2 saturated heterocycles. The first-order chi connectivity index (χ1) is 16.7. The smallest absolute Gasteiger partial charge is 0.263 e. The Morgan fingerprint density at radius 2 is 1.80 bits per heavy atom. The predicted octanol–water partition coefficient (Wildman–Crippen LogP) is 1.79. The number of halogens is 1. The van der Waals surface area contributed by atoms with Crippen molar-refractivity contribution in [2.24, 2.45) is 11.7 Å². The zero-order chi connectivity index (χ0) is 25.2. The fourth-order valence-electron chi connectivity index (χ4n) is 4.60. The molecular weight excluding hydrogens is 492 g/mol. The molecule has 0 radical (unpaired) electrons. The van der Waals surface area contributed by atoms with Crippen molar-refractivity contribution in [1.82, 2.24) is 19.0 Å². The fourth-order valence-corrected chi connectivity index (χ4v) is 6.30. The molecule has 2 N–H and O–H groups in total. The van der Waals surface area contributed by atoms with Gasteiger partial charge in [0.25, 0.3) is 15.9 Å². The second-order valence-electron chi connectivity index (χ2n) is 8.95. The van der Waals surface area contributed by atoms with Gasteiger partial charge in [0.05, 0.1) is 5.56 Å². The molecule has 2 aromatic rings. The molecule has 1 aromatic carbocycles. The molecule has 2 amide bonds. The van der Waals surface area contributed by atoms with Crippen molar-refractivity contribution in [3.05, 3.63) is 41.0 Å². The van der Waals surface area contributed by atoms with E-state index in [1.54, 1.807) is 11.0 Å². The predicted molar refractivity (Wildman–Crippen MR) is 133 cm³/mol. The van der Waals surface area contributed by atoms with Gasteiger partial charge in [0.15, 0.2) is 0 Å². The highest BCUT2D eigenvalue weighted by Crippen LogP contribution is 2.26. The zero-order valence-electron chi connectivity index (χ0n) is 19.8. The van der Waals surface area contributed by atoms with E-state index in [4.69, 9.17) is 17.3 Å². The van der Waals surface area contributed by atoms with Gasteiger partial charge in [-0.1, -0.05) is 24.6 Å². The second kappa shape index (κ2) is 10.5. The van der Waals surface area contributed by atoms with E-state index in [0.29, 0.717) is 50.6 Å². The Kier molecular flexibility index (Phi) is 7.67. The number of hydrogen-bond acceptors (Lipinski definition) is 6. The summed E-state index contributed by atoms with van der Waals surface area (Å²) >= 11 is 6.11. The molecule has 12 heteroatoms. The minimum atomic E-state index is -3.98. The van der Waals surface area contributed by atoms with Crippen molar-refractivity contribution in [2.75, 3.05) is 44.2 Å². The number of hydrogen-bond donors (Lipinski definition) is 1. The van der Waals surface area contributed by atoms with E-state index in [9.17, 15) is 18.0 Å². The van der Waals surface area contributed by atoms with Crippen molar-refractivity contribution in [2.45, 2.75) is 37.8 Å². The third-order valence-corrected chi connectivity index (χ3v) is 8.66. The van der Waals surface area contributed by atoms with Crippen molar-refractivity contribution < 1.29 is 18.0 Å². The van der Waals surface area contributed by atoms with Crippen molar-refractivity contribution in [1.29, 1.82) is 0 Å². The number of piperidine rings is 1. The van der Waals surface area contributed by atoms with E-state index < -0.39 is 10.0 Å². The van der Waals surface area contributed by atoms with Crippen LogP contribution >= 0.6 is 11.6 Å². The lowest BCUT2D eigenvalue weighted by Crippen LogP contribution is -2.49. The maximum atomic E-state index is 13.6. The summed E-state index contributed by atoms with van der Waals surface area (Å²) in [6, 6.07) is 7.47. The minimum absolute atomic E-state index is 0.0771. The van der Waals surface area contributed by atoms with Gasteiger partial charge < -0.3 is 15.5 Å². The molecule has 2 aliphatic heterocycles. The van der Waals surface area contributed by atoms with Crippen LogP contribution in [0.15, 0.2) is 35.5 Å². The highest BCUT2D eigenvalue weighted by atomic mass is 35.5. The van der Waals surface area contributed by atoms with Gasteiger partial charge in [0.2, 0.25) is 10.9 Å². The average molecular weight is 523 g/mol. The van der Waals surface area contributed by atoms with Crippen LogP contribution in [0.2, 0.25) is 5.02 Å². The second-order valence-corrected chi connectivity index (χ2v) is 11.2. The van der Waals surface area contributed by atoms with Crippen LogP contribution in [0.5, 0.6) is 0 Å². The monoisotopic (exact) mass is 522 g/mol. The Morgan fingerprint density at radius 3 is 2.40 bits per heavy atom. The summed E-state index contributed by atoms with van der Waals surface area (Å²) in [5, 5.41) is 4.75. The van der Waals surface area contributed by atoms with Gasteiger partial charge in [-0.05, 0) is 37.5 Å². The number of aromatic nitrogens is 2. The van der Waals surface area contributed by atoms with E-state index in [1.807, 2.05) is 25.1 Å². The van der Waals surface area contributed by atoms with Gasteiger partial charge in [-0.2, -0.15) is 9.40 Å².